The first-order chi connectivity index (χ1) is 9.01. The number of benzene rings is 1. The van der Waals surface area contributed by atoms with Gasteiger partial charge >= 0.3 is 0 Å². The molecule has 102 valence electrons. The Morgan fingerprint density at radius 2 is 2.00 bits per heavy atom. The Kier molecular flexibility index (Phi) is 3.79. The second-order valence-corrected chi connectivity index (χ2v) is 5.01. The first kappa shape index (κ1) is 13.5. The number of anilines is 2. The Morgan fingerprint density at radius 3 is 2.58 bits per heavy atom. The summed E-state index contributed by atoms with van der Waals surface area (Å²) in [6, 6.07) is 6.35. The van der Waals surface area contributed by atoms with Gasteiger partial charge in [0.05, 0.1) is 12.8 Å². The lowest BCUT2D eigenvalue weighted by molar-refractivity contribution is 0.414. The van der Waals surface area contributed by atoms with Gasteiger partial charge in [-0.2, -0.15) is 0 Å². The molecule has 0 amide bonds. The second-order valence-electron chi connectivity index (χ2n) is 5.01. The third-order valence-corrected chi connectivity index (χ3v) is 3.09. The smallest absolute Gasteiger partial charge is 0.207 e. The second kappa shape index (κ2) is 5.34. The van der Waals surface area contributed by atoms with Crippen LogP contribution < -0.4 is 10.1 Å². The number of nitrogens with one attached hydrogen (secondary N) is 1. The molecule has 1 N–H and O–H groups in total. The Hall–Kier alpha value is -1.97. The minimum atomic E-state index is 0.377. The molecule has 1 heterocycles. The maximum Gasteiger partial charge on any atom is 0.207 e. The fourth-order valence-corrected chi connectivity index (χ4v) is 2.03. The molecule has 0 bridgehead atoms. The standard InChI is InChI=1S/C15H21N3O/c1-10(2)18-9-12(4)16-15(18)17-14-7-6-13(19-5)8-11(14)3/h6-10H,1-5H3,(H,16,17). The molecule has 19 heavy (non-hydrogen) atoms. The molecule has 0 saturated heterocycles. The maximum atomic E-state index is 5.22. The summed E-state index contributed by atoms with van der Waals surface area (Å²) >= 11 is 0. The lowest BCUT2D eigenvalue weighted by Crippen LogP contribution is -2.05. The van der Waals surface area contributed by atoms with Crippen LogP contribution in [0.3, 0.4) is 0 Å². The van der Waals surface area contributed by atoms with Crippen molar-refractivity contribution in [3.05, 3.63) is 35.7 Å². The quantitative estimate of drug-likeness (QED) is 0.907. The van der Waals surface area contributed by atoms with Crippen LogP contribution >= 0.6 is 0 Å². The Balaban J connectivity index is 2.31. The molecular weight excluding hydrogens is 238 g/mol. The van der Waals surface area contributed by atoms with Crippen LogP contribution in [-0.4, -0.2) is 16.7 Å². The number of methoxy groups -OCH3 is 1. The Labute approximate surface area is 114 Å². The van der Waals surface area contributed by atoms with Gasteiger partial charge < -0.3 is 14.6 Å². The van der Waals surface area contributed by atoms with Gasteiger partial charge in [-0.3, -0.25) is 0 Å². The van der Waals surface area contributed by atoms with E-state index in [2.05, 4.69) is 41.8 Å². The molecule has 0 unspecified atom stereocenters. The number of hydrogen-bond donors (Lipinski definition) is 1. The molecule has 0 aliphatic carbocycles. The van der Waals surface area contributed by atoms with Crippen molar-refractivity contribution < 1.29 is 4.74 Å². The van der Waals surface area contributed by atoms with Crippen molar-refractivity contribution in [1.29, 1.82) is 0 Å². The molecule has 2 rings (SSSR count). The van der Waals surface area contributed by atoms with Crippen molar-refractivity contribution in [2.45, 2.75) is 33.7 Å². The summed E-state index contributed by atoms with van der Waals surface area (Å²) in [6.07, 6.45) is 2.06. The maximum absolute atomic E-state index is 5.22. The number of imidazole rings is 1. The number of rotatable bonds is 4. The lowest BCUT2D eigenvalue weighted by Gasteiger charge is -2.14. The monoisotopic (exact) mass is 259 g/mol. The highest BCUT2D eigenvalue weighted by Gasteiger charge is 2.10. The zero-order valence-electron chi connectivity index (χ0n) is 12.2. The van der Waals surface area contributed by atoms with Crippen LogP contribution in [0.15, 0.2) is 24.4 Å². The summed E-state index contributed by atoms with van der Waals surface area (Å²) in [7, 11) is 1.68. The average Bonchev–Trinajstić information content (AvgIpc) is 2.73. The highest BCUT2D eigenvalue weighted by molar-refractivity contribution is 5.60. The van der Waals surface area contributed by atoms with E-state index in [1.807, 2.05) is 25.1 Å². The molecule has 0 spiro atoms. The zero-order valence-corrected chi connectivity index (χ0v) is 12.2. The van der Waals surface area contributed by atoms with Crippen LogP contribution in [0.4, 0.5) is 11.6 Å². The number of aryl methyl sites for hydroxylation is 2. The van der Waals surface area contributed by atoms with Gasteiger partial charge in [-0.25, -0.2) is 4.98 Å². The van der Waals surface area contributed by atoms with Gasteiger partial charge in [0.2, 0.25) is 5.95 Å². The summed E-state index contributed by atoms with van der Waals surface area (Å²) in [4.78, 5) is 4.53. The topological polar surface area (TPSA) is 39.1 Å². The van der Waals surface area contributed by atoms with E-state index in [1.165, 1.54) is 0 Å². The lowest BCUT2D eigenvalue weighted by atomic mass is 10.2. The molecule has 0 aliphatic rings. The van der Waals surface area contributed by atoms with Crippen molar-refractivity contribution in [2.75, 3.05) is 12.4 Å². The van der Waals surface area contributed by atoms with Crippen molar-refractivity contribution in [3.63, 3.8) is 0 Å². The van der Waals surface area contributed by atoms with E-state index in [9.17, 15) is 0 Å². The van der Waals surface area contributed by atoms with Crippen LogP contribution in [0.1, 0.15) is 31.1 Å². The summed E-state index contributed by atoms with van der Waals surface area (Å²) in [6.45, 7) is 8.35. The molecular formula is C15H21N3O. The minimum absolute atomic E-state index is 0.377. The summed E-state index contributed by atoms with van der Waals surface area (Å²) in [5, 5.41) is 3.39. The van der Waals surface area contributed by atoms with Crippen LogP contribution in [0.5, 0.6) is 5.75 Å². The molecule has 0 atom stereocenters. The van der Waals surface area contributed by atoms with E-state index in [1.54, 1.807) is 7.11 Å². The first-order valence-corrected chi connectivity index (χ1v) is 6.48. The van der Waals surface area contributed by atoms with E-state index in [4.69, 9.17) is 4.74 Å². The fraction of sp³-hybridized carbons (Fsp3) is 0.400. The largest absolute Gasteiger partial charge is 0.497 e. The van der Waals surface area contributed by atoms with E-state index < -0.39 is 0 Å². The van der Waals surface area contributed by atoms with E-state index in [0.29, 0.717) is 6.04 Å². The van der Waals surface area contributed by atoms with Crippen molar-refractivity contribution >= 4 is 11.6 Å². The van der Waals surface area contributed by atoms with Gasteiger partial charge in [-0.1, -0.05) is 0 Å². The Bertz CT molecular complexity index is 573. The molecule has 4 nitrogen and oxygen atoms in total. The van der Waals surface area contributed by atoms with Crippen molar-refractivity contribution in [2.24, 2.45) is 0 Å². The number of nitrogens with zero attached hydrogens (tertiary/aromatic N) is 2. The predicted octanol–water partition coefficient (Wildman–Crippen LogP) is 3.83. The van der Waals surface area contributed by atoms with Gasteiger partial charge in [0.25, 0.3) is 0 Å². The average molecular weight is 259 g/mol. The normalized spacial score (nSPS) is 10.8. The van der Waals surface area contributed by atoms with E-state index in [-0.39, 0.29) is 0 Å². The summed E-state index contributed by atoms with van der Waals surface area (Å²) in [5.41, 5.74) is 3.20. The third kappa shape index (κ3) is 2.89. The number of aromatic nitrogens is 2. The van der Waals surface area contributed by atoms with Gasteiger partial charge in [0.15, 0.2) is 0 Å². The molecule has 0 aliphatic heterocycles. The van der Waals surface area contributed by atoms with Crippen molar-refractivity contribution in [1.82, 2.24) is 9.55 Å². The molecule has 0 saturated carbocycles. The summed E-state index contributed by atoms with van der Waals surface area (Å²) < 4.78 is 7.36. The van der Waals surface area contributed by atoms with Crippen molar-refractivity contribution in [3.8, 4) is 5.75 Å². The molecule has 2 aromatic rings. The third-order valence-electron chi connectivity index (χ3n) is 3.09. The minimum Gasteiger partial charge on any atom is -0.497 e. The van der Waals surface area contributed by atoms with Gasteiger partial charge in [0, 0.05) is 17.9 Å². The molecule has 1 aromatic carbocycles. The highest BCUT2D eigenvalue weighted by Crippen LogP contribution is 2.25. The highest BCUT2D eigenvalue weighted by atomic mass is 16.5. The molecule has 4 heteroatoms. The molecule has 0 fully saturated rings. The predicted molar refractivity (Wildman–Crippen MR) is 78.4 cm³/mol. The summed E-state index contributed by atoms with van der Waals surface area (Å²) in [5.74, 6) is 1.74. The number of hydrogen-bond acceptors (Lipinski definition) is 3. The SMILES string of the molecule is COc1ccc(Nc2nc(C)cn2C(C)C)c(C)c1. The van der Waals surface area contributed by atoms with Crippen LogP contribution in [0.25, 0.3) is 0 Å². The Morgan fingerprint density at radius 1 is 1.26 bits per heavy atom. The number of ether oxygens (including phenoxy) is 1. The molecule has 1 aromatic heterocycles. The van der Waals surface area contributed by atoms with Gasteiger partial charge in [-0.05, 0) is 51.5 Å². The zero-order chi connectivity index (χ0) is 14.0. The van der Waals surface area contributed by atoms with Gasteiger partial charge in [-0.15, -0.1) is 0 Å². The van der Waals surface area contributed by atoms with E-state index >= 15 is 0 Å². The van der Waals surface area contributed by atoms with E-state index in [0.717, 1.165) is 28.6 Å². The molecule has 0 radical (unpaired) electrons. The van der Waals surface area contributed by atoms with Crippen LogP contribution in [0, 0.1) is 13.8 Å². The van der Waals surface area contributed by atoms with Gasteiger partial charge in [0.1, 0.15) is 5.75 Å². The van der Waals surface area contributed by atoms with Crippen LogP contribution in [-0.2, 0) is 0 Å². The fourth-order valence-electron chi connectivity index (χ4n) is 2.03. The first-order valence-electron chi connectivity index (χ1n) is 6.48. The van der Waals surface area contributed by atoms with Crippen LogP contribution in [0.2, 0.25) is 0 Å².